The fraction of sp³-hybridized carbons (Fsp3) is 0.429. The Bertz CT molecular complexity index is 402. The smallest absolute Gasteiger partial charge is 0.251 e. The van der Waals surface area contributed by atoms with Gasteiger partial charge in [-0.3, -0.25) is 4.79 Å². The second-order valence-electron chi connectivity index (χ2n) is 4.54. The van der Waals surface area contributed by atoms with Gasteiger partial charge in [0.05, 0.1) is 0 Å². The Morgan fingerprint density at radius 3 is 3.00 bits per heavy atom. The van der Waals surface area contributed by atoms with Crippen LogP contribution in [-0.2, 0) is 0 Å². The van der Waals surface area contributed by atoms with Crippen molar-refractivity contribution < 1.29 is 4.79 Å². The van der Waals surface area contributed by atoms with Gasteiger partial charge in [0.1, 0.15) is 5.82 Å². The van der Waals surface area contributed by atoms with E-state index in [-0.39, 0.29) is 5.91 Å². The fourth-order valence-corrected chi connectivity index (χ4v) is 1.42. The van der Waals surface area contributed by atoms with Crippen molar-refractivity contribution in [3.8, 4) is 0 Å². The lowest BCUT2D eigenvalue weighted by Crippen LogP contribution is -2.25. The summed E-state index contributed by atoms with van der Waals surface area (Å²) in [5, 5.41) is 5.95. The number of amides is 1. The van der Waals surface area contributed by atoms with Crippen LogP contribution in [0.1, 0.15) is 30.6 Å². The van der Waals surface area contributed by atoms with E-state index in [0.717, 1.165) is 6.42 Å². The minimum atomic E-state index is -0.0558. The van der Waals surface area contributed by atoms with Crippen LogP contribution < -0.4 is 10.6 Å². The standard InChI is InChI=1S/C14H21N3O/c1-4-7-15-13-10-12(6-9-16-13)14(18)17-8-5-11(2)3/h4,6,9-11H,1,5,7-8H2,2-3H3,(H,15,16)(H,17,18). The summed E-state index contributed by atoms with van der Waals surface area (Å²) in [6.07, 6.45) is 4.36. The second kappa shape index (κ2) is 7.48. The summed E-state index contributed by atoms with van der Waals surface area (Å²) in [6.45, 7) is 9.22. The summed E-state index contributed by atoms with van der Waals surface area (Å²) < 4.78 is 0. The molecule has 0 fully saturated rings. The zero-order valence-corrected chi connectivity index (χ0v) is 11.1. The molecule has 4 heteroatoms. The van der Waals surface area contributed by atoms with Crippen LogP contribution in [0.15, 0.2) is 31.0 Å². The van der Waals surface area contributed by atoms with Crippen molar-refractivity contribution in [2.45, 2.75) is 20.3 Å². The lowest BCUT2D eigenvalue weighted by Gasteiger charge is -2.08. The van der Waals surface area contributed by atoms with E-state index in [1.807, 2.05) is 0 Å². The van der Waals surface area contributed by atoms with Crippen LogP contribution in [0, 0.1) is 5.92 Å². The van der Waals surface area contributed by atoms with Crippen molar-refractivity contribution >= 4 is 11.7 Å². The summed E-state index contributed by atoms with van der Waals surface area (Å²) in [5.74, 6) is 1.22. The molecule has 4 nitrogen and oxygen atoms in total. The lowest BCUT2D eigenvalue weighted by molar-refractivity contribution is 0.0952. The maximum Gasteiger partial charge on any atom is 0.251 e. The van der Waals surface area contributed by atoms with Crippen LogP contribution in [0.3, 0.4) is 0 Å². The molecule has 0 radical (unpaired) electrons. The molecule has 0 saturated heterocycles. The summed E-state index contributed by atoms with van der Waals surface area (Å²) in [7, 11) is 0. The number of pyridine rings is 1. The van der Waals surface area contributed by atoms with Gasteiger partial charge in [0.25, 0.3) is 5.91 Å². The SMILES string of the molecule is C=CCNc1cc(C(=O)NCCC(C)C)ccn1. The van der Waals surface area contributed by atoms with Gasteiger partial charge in [-0.15, -0.1) is 6.58 Å². The molecule has 18 heavy (non-hydrogen) atoms. The number of nitrogens with one attached hydrogen (secondary N) is 2. The van der Waals surface area contributed by atoms with Gasteiger partial charge in [0.15, 0.2) is 0 Å². The Morgan fingerprint density at radius 2 is 2.33 bits per heavy atom. The van der Waals surface area contributed by atoms with Crippen LogP contribution in [-0.4, -0.2) is 24.0 Å². The minimum absolute atomic E-state index is 0.0558. The predicted octanol–water partition coefficient (Wildman–Crippen LogP) is 2.46. The van der Waals surface area contributed by atoms with E-state index in [9.17, 15) is 4.79 Å². The normalized spacial score (nSPS) is 10.2. The number of hydrogen-bond acceptors (Lipinski definition) is 3. The number of anilines is 1. The molecule has 98 valence electrons. The minimum Gasteiger partial charge on any atom is -0.367 e. The molecule has 2 N–H and O–H groups in total. The highest BCUT2D eigenvalue weighted by Gasteiger charge is 2.06. The summed E-state index contributed by atoms with van der Waals surface area (Å²) in [6, 6.07) is 3.46. The Balaban J connectivity index is 2.54. The van der Waals surface area contributed by atoms with Crippen LogP contribution in [0.4, 0.5) is 5.82 Å². The lowest BCUT2D eigenvalue weighted by atomic mass is 10.1. The fourth-order valence-electron chi connectivity index (χ4n) is 1.42. The number of hydrogen-bond donors (Lipinski definition) is 2. The van der Waals surface area contributed by atoms with Crippen LogP contribution in [0.2, 0.25) is 0 Å². The highest BCUT2D eigenvalue weighted by Crippen LogP contribution is 2.06. The van der Waals surface area contributed by atoms with Gasteiger partial charge < -0.3 is 10.6 Å². The Morgan fingerprint density at radius 1 is 1.56 bits per heavy atom. The zero-order chi connectivity index (χ0) is 13.4. The van der Waals surface area contributed by atoms with E-state index in [0.29, 0.717) is 30.4 Å². The summed E-state index contributed by atoms with van der Waals surface area (Å²) in [5.41, 5.74) is 0.625. The third-order valence-electron chi connectivity index (χ3n) is 2.46. The molecule has 0 bridgehead atoms. The maximum absolute atomic E-state index is 11.9. The third kappa shape index (κ3) is 4.99. The largest absolute Gasteiger partial charge is 0.367 e. The average Bonchev–Trinajstić information content (AvgIpc) is 2.36. The number of aromatic nitrogens is 1. The van der Waals surface area contributed by atoms with Crippen molar-refractivity contribution in [3.63, 3.8) is 0 Å². The third-order valence-corrected chi connectivity index (χ3v) is 2.46. The van der Waals surface area contributed by atoms with Crippen LogP contribution in [0.5, 0.6) is 0 Å². The first kappa shape index (κ1) is 14.2. The highest BCUT2D eigenvalue weighted by molar-refractivity contribution is 5.94. The van der Waals surface area contributed by atoms with E-state index in [2.05, 4.69) is 36.0 Å². The van der Waals surface area contributed by atoms with Gasteiger partial charge in [0, 0.05) is 24.8 Å². The van der Waals surface area contributed by atoms with Crippen molar-refractivity contribution in [3.05, 3.63) is 36.5 Å². The number of carbonyl (C=O) groups excluding carboxylic acids is 1. The molecule has 1 amide bonds. The first-order valence-corrected chi connectivity index (χ1v) is 6.22. The number of nitrogens with zero attached hydrogens (tertiary/aromatic N) is 1. The molecule has 1 aromatic rings. The summed E-state index contributed by atoms with van der Waals surface area (Å²) in [4.78, 5) is 16.0. The van der Waals surface area contributed by atoms with Crippen molar-refractivity contribution in [1.29, 1.82) is 0 Å². The molecule has 0 aromatic carbocycles. The highest BCUT2D eigenvalue weighted by atomic mass is 16.1. The zero-order valence-electron chi connectivity index (χ0n) is 11.1. The first-order valence-electron chi connectivity index (χ1n) is 6.22. The molecule has 0 aliphatic rings. The van der Waals surface area contributed by atoms with Crippen molar-refractivity contribution in [1.82, 2.24) is 10.3 Å². The second-order valence-corrected chi connectivity index (χ2v) is 4.54. The maximum atomic E-state index is 11.9. The molecule has 0 aliphatic carbocycles. The van der Waals surface area contributed by atoms with Gasteiger partial charge in [-0.1, -0.05) is 19.9 Å². The molecule has 1 aromatic heterocycles. The van der Waals surface area contributed by atoms with Crippen LogP contribution >= 0.6 is 0 Å². The Kier molecular flexibility index (Phi) is 5.91. The van der Waals surface area contributed by atoms with E-state index < -0.39 is 0 Å². The summed E-state index contributed by atoms with van der Waals surface area (Å²) >= 11 is 0. The average molecular weight is 247 g/mol. The van der Waals surface area contributed by atoms with E-state index in [4.69, 9.17) is 0 Å². The van der Waals surface area contributed by atoms with Gasteiger partial charge >= 0.3 is 0 Å². The first-order chi connectivity index (χ1) is 8.63. The molecule has 0 saturated carbocycles. The molecule has 1 rings (SSSR count). The molecule has 0 spiro atoms. The van der Waals surface area contributed by atoms with E-state index >= 15 is 0 Å². The molecule has 1 heterocycles. The predicted molar refractivity (Wildman–Crippen MR) is 74.7 cm³/mol. The van der Waals surface area contributed by atoms with Gasteiger partial charge in [-0.2, -0.15) is 0 Å². The molecule has 0 aliphatic heterocycles. The van der Waals surface area contributed by atoms with Crippen molar-refractivity contribution in [2.75, 3.05) is 18.4 Å². The molecule has 0 unspecified atom stereocenters. The monoisotopic (exact) mass is 247 g/mol. The number of carbonyl (C=O) groups is 1. The van der Waals surface area contributed by atoms with Gasteiger partial charge in [-0.25, -0.2) is 4.98 Å². The van der Waals surface area contributed by atoms with Crippen molar-refractivity contribution in [2.24, 2.45) is 5.92 Å². The molecule has 0 atom stereocenters. The Labute approximate surface area is 109 Å². The van der Waals surface area contributed by atoms with Gasteiger partial charge in [0.2, 0.25) is 0 Å². The number of rotatable bonds is 7. The molecular weight excluding hydrogens is 226 g/mol. The van der Waals surface area contributed by atoms with Crippen LogP contribution in [0.25, 0.3) is 0 Å². The van der Waals surface area contributed by atoms with E-state index in [1.165, 1.54) is 0 Å². The van der Waals surface area contributed by atoms with Gasteiger partial charge in [-0.05, 0) is 24.5 Å². The topological polar surface area (TPSA) is 54.0 Å². The molecular formula is C14H21N3O. The Hall–Kier alpha value is -1.84. The quantitative estimate of drug-likeness (QED) is 0.728. The van der Waals surface area contributed by atoms with E-state index in [1.54, 1.807) is 24.4 Å².